The van der Waals surface area contributed by atoms with Crippen molar-refractivity contribution in [3.05, 3.63) is 58.1 Å². The summed E-state index contributed by atoms with van der Waals surface area (Å²) < 4.78 is 15.5. The lowest BCUT2D eigenvalue weighted by Gasteiger charge is -2.05. The molecular formula is C15H7FN4S. The van der Waals surface area contributed by atoms with E-state index >= 15 is 0 Å². The van der Waals surface area contributed by atoms with Crippen molar-refractivity contribution >= 4 is 23.3 Å². The van der Waals surface area contributed by atoms with Gasteiger partial charge >= 0.3 is 0 Å². The number of aromatic nitrogens is 2. The van der Waals surface area contributed by atoms with Crippen molar-refractivity contribution in [2.75, 3.05) is 0 Å². The smallest absolute Gasteiger partial charge is 0.182 e. The number of halogens is 1. The van der Waals surface area contributed by atoms with E-state index in [1.54, 1.807) is 28.8 Å². The first-order chi connectivity index (χ1) is 10.1. The molecule has 2 aromatic carbocycles. The molecule has 0 unspecified atom stereocenters. The number of aromatic amines is 1. The van der Waals surface area contributed by atoms with Gasteiger partial charge in [0, 0.05) is 5.69 Å². The van der Waals surface area contributed by atoms with Crippen molar-refractivity contribution in [2.24, 2.45) is 0 Å². The van der Waals surface area contributed by atoms with Gasteiger partial charge in [0.15, 0.2) is 4.77 Å². The Morgan fingerprint density at radius 1 is 1.10 bits per heavy atom. The van der Waals surface area contributed by atoms with Crippen LogP contribution >= 0.6 is 12.2 Å². The number of hydrogen-bond donors (Lipinski definition) is 1. The summed E-state index contributed by atoms with van der Waals surface area (Å²) in [6.07, 6.45) is 0. The Balaban J connectivity index is 2.35. The first-order valence-corrected chi connectivity index (χ1v) is 6.40. The van der Waals surface area contributed by atoms with Crippen LogP contribution in [-0.2, 0) is 0 Å². The molecule has 3 rings (SSSR count). The summed E-state index contributed by atoms with van der Waals surface area (Å²) in [7, 11) is 0. The van der Waals surface area contributed by atoms with Crippen molar-refractivity contribution in [1.82, 2.24) is 9.55 Å². The predicted octanol–water partition coefficient (Wildman–Crippen LogP) is 3.57. The summed E-state index contributed by atoms with van der Waals surface area (Å²) in [5, 5.41) is 17.9. The molecule has 21 heavy (non-hydrogen) atoms. The normalized spacial score (nSPS) is 10.2. The number of benzene rings is 2. The predicted molar refractivity (Wildman–Crippen MR) is 77.8 cm³/mol. The quantitative estimate of drug-likeness (QED) is 0.698. The third kappa shape index (κ3) is 2.08. The molecule has 0 fully saturated rings. The van der Waals surface area contributed by atoms with Gasteiger partial charge in [-0.25, -0.2) is 4.39 Å². The molecule has 0 aliphatic rings. The number of nitrogens with zero attached hydrogens (tertiary/aromatic N) is 3. The second-order valence-corrected chi connectivity index (χ2v) is 4.77. The van der Waals surface area contributed by atoms with E-state index in [1.807, 2.05) is 0 Å². The molecule has 4 nitrogen and oxygen atoms in total. The van der Waals surface area contributed by atoms with Crippen LogP contribution in [0.15, 0.2) is 36.4 Å². The fourth-order valence-corrected chi connectivity index (χ4v) is 2.48. The maximum atomic E-state index is 13.4. The molecule has 3 aromatic rings. The molecule has 0 bridgehead atoms. The second kappa shape index (κ2) is 4.86. The van der Waals surface area contributed by atoms with Gasteiger partial charge in [0.1, 0.15) is 11.9 Å². The standard InChI is InChI=1S/C15H7FN4S/c16-12-3-2-11(6-10(12)8-18)20-14-5-9(7-17)1-4-13(14)19-15(20)21/h1-6H,(H,19,21). The fraction of sp³-hybridized carbons (Fsp3) is 0. The molecule has 1 aromatic heterocycles. The lowest BCUT2D eigenvalue weighted by molar-refractivity contribution is 0.623. The average molecular weight is 294 g/mol. The summed E-state index contributed by atoms with van der Waals surface area (Å²) in [4.78, 5) is 3.02. The number of nitriles is 2. The molecular weight excluding hydrogens is 287 g/mol. The molecule has 1 N–H and O–H groups in total. The van der Waals surface area contributed by atoms with Crippen molar-refractivity contribution in [1.29, 1.82) is 10.5 Å². The Bertz CT molecular complexity index is 1000. The molecule has 0 aliphatic heterocycles. The van der Waals surface area contributed by atoms with Crippen LogP contribution in [0.25, 0.3) is 16.7 Å². The Labute approximate surface area is 124 Å². The Morgan fingerprint density at radius 2 is 1.90 bits per heavy atom. The molecule has 6 heteroatoms. The molecule has 0 amide bonds. The van der Waals surface area contributed by atoms with E-state index in [0.29, 0.717) is 21.5 Å². The third-order valence-electron chi connectivity index (χ3n) is 3.14. The molecule has 1 heterocycles. The van der Waals surface area contributed by atoms with Crippen LogP contribution in [0.4, 0.5) is 4.39 Å². The Kier molecular flexibility index (Phi) is 3.02. The van der Waals surface area contributed by atoms with Gasteiger partial charge in [-0.05, 0) is 48.6 Å². The minimum atomic E-state index is -0.578. The van der Waals surface area contributed by atoms with Gasteiger partial charge in [0.25, 0.3) is 0 Å². The molecule has 0 saturated heterocycles. The fourth-order valence-electron chi connectivity index (χ4n) is 2.17. The lowest BCUT2D eigenvalue weighted by atomic mass is 10.2. The highest BCUT2D eigenvalue weighted by Crippen LogP contribution is 2.22. The van der Waals surface area contributed by atoms with Gasteiger partial charge in [-0.1, -0.05) is 0 Å². The van der Waals surface area contributed by atoms with E-state index in [0.717, 1.165) is 5.52 Å². The summed E-state index contributed by atoms with van der Waals surface area (Å²) in [6.45, 7) is 0. The summed E-state index contributed by atoms with van der Waals surface area (Å²) in [5.41, 5.74) is 2.48. The molecule has 0 spiro atoms. The second-order valence-electron chi connectivity index (χ2n) is 4.39. The SMILES string of the molecule is N#Cc1ccc2[nH]c(=S)n(-c3ccc(F)c(C#N)c3)c2c1. The van der Waals surface area contributed by atoms with Crippen LogP contribution in [-0.4, -0.2) is 9.55 Å². The van der Waals surface area contributed by atoms with Gasteiger partial charge in [0.05, 0.1) is 28.2 Å². The lowest BCUT2D eigenvalue weighted by Crippen LogP contribution is -1.96. The Hall–Kier alpha value is -2.96. The van der Waals surface area contributed by atoms with Gasteiger partial charge in [-0.3, -0.25) is 4.57 Å². The molecule has 0 atom stereocenters. The summed E-state index contributed by atoms with van der Waals surface area (Å²) >= 11 is 5.27. The number of nitrogens with one attached hydrogen (secondary N) is 1. The average Bonchev–Trinajstić information content (AvgIpc) is 2.82. The van der Waals surface area contributed by atoms with Crippen molar-refractivity contribution < 1.29 is 4.39 Å². The van der Waals surface area contributed by atoms with Crippen LogP contribution in [0.2, 0.25) is 0 Å². The van der Waals surface area contributed by atoms with Gasteiger partial charge < -0.3 is 4.98 Å². The summed E-state index contributed by atoms with van der Waals surface area (Å²) in [5.74, 6) is -0.578. The maximum Gasteiger partial charge on any atom is 0.182 e. The largest absolute Gasteiger partial charge is 0.330 e. The first-order valence-electron chi connectivity index (χ1n) is 5.99. The zero-order valence-corrected chi connectivity index (χ0v) is 11.4. The zero-order chi connectivity index (χ0) is 15.0. The van der Waals surface area contributed by atoms with Crippen LogP contribution in [0, 0.1) is 33.3 Å². The first kappa shape index (κ1) is 13.0. The van der Waals surface area contributed by atoms with Gasteiger partial charge in [-0.15, -0.1) is 0 Å². The number of rotatable bonds is 1. The van der Waals surface area contributed by atoms with E-state index in [4.69, 9.17) is 22.7 Å². The van der Waals surface area contributed by atoms with Crippen molar-refractivity contribution in [2.45, 2.75) is 0 Å². The van der Waals surface area contributed by atoms with E-state index in [1.165, 1.54) is 18.2 Å². The van der Waals surface area contributed by atoms with E-state index in [-0.39, 0.29) is 5.56 Å². The minimum Gasteiger partial charge on any atom is -0.330 e. The molecule has 0 saturated carbocycles. The van der Waals surface area contributed by atoms with Crippen molar-refractivity contribution in [3.63, 3.8) is 0 Å². The monoisotopic (exact) mass is 294 g/mol. The van der Waals surface area contributed by atoms with Crippen LogP contribution in [0.5, 0.6) is 0 Å². The minimum absolute atomic E-state index is 0.0554. The van der Waals surface area contributed by atoms with Crippen LogP contribution in [0.3, 0.4) is 0 Å². The highest BCUT2D eigenvalue weighted by molar-refractivity contribution is 7.71. The van der Waals surface area contributed by atoms with Gasteiger partial charge in [0.2, 0.25) is 0 Å². The van der Waals surface area contributed by atoms with Crippen LogP contribution < -0.4 is 0 Å². The zero-order valence-electron chi connectivity index (χ0n) is 10.6. The van der Waals surface area contributed by atoms with Gasteiger partial charge in [-0.2, -0.15) is 10.5 Å². The molecule has 0 radical (unpaired) electrons. The van der Waals surface area contributed by atoms with E-state index < -0.39 is 5.82 Å². The van der Waals surface area contributed by atoms with E-state index in [2.05, 4.69) is 11.1 Å². The highest BCUT2D eigenvalue weighted by atomic mass is 32.1. The molecule has 100 valence electrons. The van der Waals surface area contributed by atoms with Crippen LogP contribution in [0.1, 0.15) is 11.1 Å². The number of fused-ring (bicyclic) bond motifs is 1. The topological polar surface area (TPSA) is 68.3 Å². The highest BCUT2D eigenvalue weighted by Gasteiger charge is 2.10. The maximum absolute atomic E-state index is 13.4. The summed E-state index contributed by atoms with van der Waals surface area (Å²) in [6, 6.07) is 13.2. The number of H-pyrrole nitrogens is 1. The third-order valence-corrected chi connectivity index (χ3v) is 3.43. The number of hydrogen-bond acceptors (Lipinski definition) is 3. The van der Waals surface area contributed by atoms with Crippen molar-refractivity contribution in [3.8, 4) is 17.8 Å². The van der Waals surface area contributed by atoms with E-state index in [9.17, 15) is 4.39 Å². The number of imidazole rings is 1. The molecule has 0 aliphatic carbocycles. The Morgan fingerprint density at radius 3 is 2.62 bits per heavy atom.